The fourth-order valence-corrected chi connectivity index (χ4v) is 2.00. The van der Waals surface area contributed by atoms with Crippen molar-refractivity contribution in [1.29, 1.82) is 0 Å². The second kappa shape index (κ2) is 6.34. The summed E-state index contributed by atoms with van der Waals surface area (Å²) in [4.78, 5) is 11.4. The van der Waals surface area contributed by atoms with Gasteiger partial charge in [-0.3, -0.25) is 0 Å². The SMILES string of the molecule is CCNC(c1ccc(C(=O)OC)o1)c1ccccc1F. The van der Waals surface area contributed by atoms with Crippen molar-refractivity contribution in [3.8, 4) is 0 Å². The first-order chi connectivity index (χ1) is 9.67. The number of nitrogens with one attached hydrogen (secondary N) is 1. The highest BCUT2D eigenvalue weighted by atomic mass is 19.1. The van der Waals surface area contributed by atoms with Crippen LogP contribution in [0.5, 0.6) is 0 Å². The van der Waals surface area contributed by atoms with E-state index < -0.39 is 12.0 Å². The molecule has 1 atom stereocenters. The highest BCUT2D eigenvalue weighted by Crippen LogP contribution is 2.26. The minimum Gasteiger partial charge on any atom is -0.463 e. The molecule has 0 aliphatic heterocycles. The zero-order valence-electron chi connectivity index (χ0n) is 11.4. The van der Waals surface area contributed by atoms with Gasteiger partial charge in [0.05, 0.1) is 13.2 Å². The molecule has 2 rings (SSSR count). The Balaban J connectivity index is 2.36. The number of benzene rings is 1. The third kappa shape index (κ3) is 2.88. The summed E-state index contributed by atoms with van der Waals surface area (Å²) in [5.41, 5.74) is 0.472. The molecule has 0 saturated carbocycles. The van der Waals surface area contributed by atoms with Crippen LogP contribution in [-0.4, -0.2) is 19.6 Å². The molecule has 1 aromatic heterocycles. The van der Waals surface area contributed by atoms with Crippen LogP contribution in [0.2, 0.25) is 0 Å². The first-order valence-electron chi connectivity index (χ1n) is 6.33. The lowest BCUT2D eigenvalue weighted by molar-refractivity contribution is 0.0562. The van der Waals surface area contributed by atoms with Crippen LogP contribution < -0.4 is 5.32 Å². The number of halogens is 1. The number of esters is 1. The summed E-state index contributed by atoms with van der Waals surface area (Å²) in [5, 5.41) is 3.14. The molecule has 1 aromatic carbocycles. The molecule has 20 heavy (non-hydrogen) atoms. The lowest BCUT2D eigenvalue weighted by atomic mass is 10.0. The summed E-state index contributed by atoms with van der Waals surface area (Å²) in [5.74, 6) is -0.311. The van der Waals surface area contributed by atoms with Crippen LogP contribution in [0.25, 0.3) is 0 Å². The quantitative estimate of drug-likeness (QED) is 0.854. The molecule has 0 aliphatic carbocycles. The highest BCUT2D eigenvalue weighted by molar-refractivity contribution is 5.86. The standard InChI is InChI=1S/C15H16FNO3/c1-3-17-14(10-6-4-5-7-11(10)16)12-8-9-13(20-12)15(18)19-2/h4-9,14,17H,3H2,1-2H3. The lowest BCUT2D eigenvalue weighted by Crippen LogP contribution is -2.22. The van der Waals surface area contributed by atoms with Crippen LogP contribution in [0.1, 0.15) is 34.8 Å². The minimum atomic E-state index is -0.556. The molecule has 1 N–H and O–H groups in total. The maximum absolute atomic E-state index is 13.9. The molecule has 0 amide bonds. The summed E-state index contributed by atoms with van der Waals surface area (Å²) in [6.45, 7) is 2.55. The predicted octanol–water partition coefficient (Wildman–Crippen LogP) is 2.90. The van der Waals surface area contributed by atoms with E-state index in [2.05, 4.69) is 10.1 Å². The molecule has 0 spiro atoms. The van der Waals surface area contributed by atoms with E-state index in [1.54, 1.807) is 24.3 Å². The van der Waals surface area contributed by atoms with Crippen molar-refractivity contribution in [2.24, 2.45) is 0 Å². The molecule has 106 valence electrons. The number of hydrogen-bond donors (Lipinski definition) is 1. The van der Waals surface area contributed by atoms with E-state index in [0.717, 1.165) is 0 Å². The maximum Gasteiger partial charge on any atom is 0.373 e. The average Bonchev–Trinajstić information content (AvgIpc) is 2.94. The Hall–Kier alpha value is -2.14. The zero-order valence-corrected chi connectivity index (χ0v) is 11.4. The van der Waals surface area contributed by atoms with Gasteiger partial charge < -0.3 is 14.5 Å². The number of rotatable bonds is 5. The fraction of sp³-hybridized carbons (Fsp3) is 0.267. The first-order valence-corrected chi connectivity index (χ1v) is 6.33. The van der Waals surface area contributed by atoms with Crippen molar-refractivity contribution in [3.05, 3.63) is 59.3 Å². The monoisotopic (exact) mass is 277 g/mol. The van der Waals surface area contributed by atoms with E-state index in [9.17, 15) is 9.18 Å². The van der Waals surface area contributed by atoms with Gasteiger partial charge in [0.2, 0.25) is 5.76 Å². The Morgan fingerprint density at radius 1 is 1.35 bits per heavy atom. The zero-order chi connectivity index (χ0) is 14.5. The Bertz CT molecular complexity index is 594. The molecule has 5 heteroatoms. The van der Waals surface area contributed by atoms with Crippen LogP contribution in [0.3, 0.4) is 0 Å². The number of furan rings is 1. The molecular weight excluding hydrogens is 261 g/mol. The van der Waals surface area contributed by atoms with Crippen molar-refractivity contribution in [2.45, 2.75) is 13.0 Å². The van der Waals surface area contributed by atoms with Crippen molar-refractivity contribution in [1.82, 2.24) is 5.32 Å². The van der Waals surface area contributed by atoms with Gasteiger partial charge in [0, 0.05) is 5.56 Å². The van der Waals surface area contributed by atoms with Gasteiger partial charge in [-0.2, -0.15) is 0 Å². The number of hydrogen-bond acceptors (Lipinski definition) is 4. The normalized spacial score (nSPS) is 12.2. The molecule has 0 aliphatic rings. The van der Waals surface area contributed by atoms with Crippen molar-refractivity contribution in [2.75, 3.05) is 13.7 Å². The van der Waals surface area contributed by atoms with Crippen molar-refractivity contribution < 1.29 is 18.3 Å². The van der Waals surface area contributed by atoms with E-state index in [1.165, 1.54) is 19.2 Å². The minimum absolute atomic E-state index is 0.0988. The van der Waals surface area contributed by atoms with E-state index in [4.69, 9.17) is 4.42 Å². The second-order valence-corrected chi connectivity index (χ2v) is 4.21. The van der Waals surface area contributed by atoms with E-state index >= 15 is 0 Å². The number of methoxy groups -OCH3 is 1. The van der Waals surface area contributed by atoms with Gasteiger partial charge in [0.25, 0.3) is 0 Å². The fourth-order valence-electron chi connectivity index (χ4n) is 2.00. The maximum atomic E-state index is 13.9. The number of ether oxygens (including phenoxy) is 1. The van der Waals surface area contributed by atoms with Crippen molar-refractivity contribution in [3.63, 3.8) is 0 Å². The molecular formula is C15H16FNO3. The first kappa shape index (κ1) is 14.3. The molecule has 0 bridgehead atoms. The largest absolute Gasteiger partial charge is 0.463 e. The summed E-state index contributed by atoms with van der Waals surface area (Å²) in [6.07, 6.45) is 0. The summed E-state index contributed by atoms with van der Waals surface area (Å²) in [6, 6.07) is 9.18. The average molecular weight is 277 g/mol. The van der Waals surface area contributed by atoms with Gasteiger partial charge in [0.1, 0.15) is 11.6 Å². The Kier molecular flexibility index (Phi) is 4.53. The summed E-state index contributed by atoms with van der Waals surface area (Å²) >= 11 is 0. The second-order valence-electron chi connectivity index (χ2n) is 4.21. The third-order valence-electron chi connectivity index (χ3n) is 2.92. The van der Waals surface area contributed by atoms with E-state index in [-0.39, 0.29) is 11.6 Å². The highest BCUT2D eigenvalue weighted by Gasteiger charge is 2.21. The van der Waals surface area contributed by atoms with Gasteiger partial charge >= 0.3 is 5.97 Å². The third-order valence-corrected chi connectivity index (χ3v) is 2.92. The Labute approximate surface area is 116 Å². The van der Waals surface area contributed by atoms with Gasteiger partial charge in [-0.1, -0.05) is 25.1 Å². The van der Waals surface area contributed by atoms with Crippen LogP contribution >= 0.6 is 0 Å². The van der Waals surface area contributed by atoms with Gasteiger partial charge in [-0.15, -0.1) is 0 Å². The summed E-state index contributed by atoms with van der Waals surface area (Å²) in [7, 11) is 1.28. The van der Waals surface area contributed by atoms with Gasteiger partial charge in [0.15, 0.2) is 0 Å². The van der Waals surface area contributed by atoms with Crippen LogP contribution in [-0.2, 0) is 4.74 Å². The molecule has 0 radical (unpaired) electrons. The molecule has 2 aromatic rings. The van der Waals surface area contributed by atoms with Crippen molar-refractivity contribution >= 4 is 5.97 Å². The topological polar surface area (TPSA) is 51.5 Å². The molecule has 1 unspecified atom stereocenters. The van der Waals surface area contributed by atoms with Gasteiger partial charge in [-0.25, -0.2) is 9.18 Å². The number of carbonyl (C=O) groups is 1. The molecule has 0 saturated heterocycles. The van der Waals surface area contributed by atoms with Crippen LogP contribution in [0.4, 0.5) is 4.39 Å². The molecule has 4 nitrogen and oxygen atoms in total. The van der Waals surface area contributed by atoms with Crippen LogP contribution in [0.15, 0.2) is 40.8 Å². The van der Waals surface area contributed by atoms with Gasteiger partial charge in [-0.05, 0) is 24.7 Å². The van der Waals surface area contributed by atoms with E-state index in [0.29, 0.717) is 17.9 Å². The van der Waals surface area contributed by atoms with E-state index in [1.807, 2.05) is 6.92 Å². The molecule has 0 fully saturated rings. The predicted molar refractivity (Wildman–Crippen MR) is 72.0 cm³/mol. The number of carbonyl (C=O) groups excluding carboxylic acids is 1. The smallest absolute Gasteiger partial charge is 0.373 e. The lowest BCUT2D eigenvalue weighted by Gasteiger charge is -2.16. The Morgan fingerprint density at radius 3 is 2.75 bits per heavy atom. The van der Waals surface area contributed by atoms with Crippen LogP contribution in [0, 0.1) is 5.82 Å². The molecule has 1 heterocycles. The summed E-state index contributed by atoms with van der Waals surface area (Å²) < 4.78 is 24.0. The Morgan fingerprint density at radius 2 is 2.10 bits per heavy atom.